The molecule has 1 aromatic carbocycles. The number of hydrogen-bond donors (Lipinski definition) is 2. The van der Waals surface area contributed by atoms with Crippen LogP contribution in [0.4, 0.5) is 10.8 Å². The monoisotopic (exact) mass is 307 g/mol. The molecule has 0 unspecified atom stereocenters. The van der Waals surface area contributed by atoms with Crippen LogP contribution >= 0.6 is 11.3 Å². The van der Waals surface area contributed by atoms with E-state index in [0.29, 0.717) is 18.1 Å². The third-order valence-corrected chi connectivity index (χ3v) is 3.50. The summed E-state index contributed by atoms with van der Waals surface area (Å²) in [7, 11) is 0. The number of hydrogen-bond acceptors (Lipinski definition) is 7. The zero-order valence-electron chi connectivity index (χ0n) is 11.0. The Morgan fingerprint density at radius 1 is 1.43 bits per heavy atom. The van der Waals surface area contributed by atoms with Crippen molar-refractivity contribution < 1.29 is 9.72 Å². The molecule has 0 radical (unpaired) electrons. The summed E-state index contributed by atoms with van der Waals surface area (Å²) < 4.78 is 0. The first-order valence-electron chi connectivity index (χ1n) is 6.18. The number of aromatic nitrogens is 2. The van der Waals surface area contributed by atoms with Crippen molar-refractivity contribution in [3.05, 3.63) is 45.0 Å². The van der Waals surface area contributed by atoms with Crippen LogP contribution in [0.25, 0.3) is 0 Å². The molecule has 0 aliphatic heterocycles. The van der Waals surface area contributed by atoms with Gasteiger partial charge < -0.3 is 5.73 Å². The molecular weight excluding hydrogens is 294 g/mol. The van der Waals surface area contributed by atoms with E-state index in [1.165, 1.54) is 35.6 Å². The highest BCUT2D eigenvalue weighted by Gasteiger charge is 2.13. The van der Waals surface area contributed by atoms with Crippen molar-refractivity contribution in [2.24, 2.45) is 5.73 Å². The normalized spacial score (nSPS) is 10.3. The molecule has 2 rings (SSSR count). The van der Waals surface area contributed by atoms with Gasteiger partial charge in [0.1, 0.15) is 5.01 Å². The summed E-state index contributed by atoms with van der Waals surface area (Å²) in [4.78, 5) is 22.1. The Balaban J connectivity index is 2.05. The molecule has 3 N–H and O–H groups in total. The first-order chi connectivity index (χ1) is 10.1. The molecule has 0 fully saturated rings. The summed E-state index contributed by atoms with van der Waals surface area (Å²) >= 11 is 1.26. The van der Waals surface area contributed by atoms with Crippen LogP contribution in [0.2, 0.25) is 0 Å². The summed E-state index contributed by atoms with van der Waals surface area (Å²) in [5, 5.41) is 22.2. The Labute approximate surface area is 124 Å². The number of nitrogens with two attached hydrogens (primary N) is 1. The van der Waals surface area contributed by atoms with Gasteiger partial charge in [-0.1, -0.05) is 17.4 Å². The van der Waals surface area contributed by atoms with Crippen LogP contribution in [-0.4, -0.2) is 27.6 Å². The topological polar surface area (TPSA) is 124 Å². The van der Waals surface area contributed by atoms with Crippen molar-refractivity contribution in [2.75, 3.05) is 11.9 Å². The maximum atomic E-state index is 12.0. The third kappa shape index (κ3) is 4.04. The lowest BCUT2D eigenvalue weighted by atomic mass is 10.2. The number of carbonyl (C=O) groups is 1. The molecular formula is C12H13N5O3S. The summed E-state index contributed by atoms with van der Waals surface area (Å²) in [5.74, 6) is -0.458. The second-order valence-electron chi connectivity index (χ2n) is 4.15. The first-order valence-corrected chi connectivity index (χ1v) is 7.00. The molecule has 1 amide bonds. The van der Waals surface area contributed by atoms with Gasteiger partial charge in [0.15, 0.2) is 0 Å². The van der Waals surface area contributed by atoms with Crippen molar-refractivity contribution in [3.8, 4) is 0 Å². The van der Waals surface area contributed by atoms with Crippen molar-refractivity contribution in [3.63, 3.8) is 0 Å². The average Bonchev–Trinajstić information content (AvgIpc) is 2.92. The molecule has 0 saturated carbocycles. The van der Waals surface area contributed by atoms with Crippen LogP contribution in [-0.2, 0) is 6.42 Å². The summed E-state index contributed by atoms with van der Waals surface area (Å²) in [5.41, 5.74) is 5.47. The van der Waals surface area contributed by atoms with Gasteiger partial charge in [-0.05, 0) is 19.0 Å². The number of anilines is 1. The molecule has 8 nitrogen and oxygen atoms in total. The number of aryl methyl sites for hydroxylation is 1. The van der Waals surface area contributed by atoms with Gasteiger partial charge in [0, 0.05) is 24.1 Å². The van der Waals surface area contributed by atoms with Crippen LogP contribution in [0.3, 0.4) is 0 Å². The fraction of sp³-hybridized carbons (Fsp3) is 0.250. The van der Waals surface area contributed by atoms with Crippen molar-refractivity contribution in [1.29, 1.82) is 0 Å². The lowest BCUT2D eigenvalue weighted by Gasteiger charge is -2.00. The minimum atomic E-state index is -0.549. The summed E-state index contributed by atoms with van der Waals surface area (Å²) in [6, 6.07) is 5.50. The number of amides is 1. The standard InChI is InChI=1S/C12H13N5O3S/c13-6-2-5-10-15-16-12(21-10)14-11(18)8-3-1-4-9(7-8)17(19)20/h1,3-4,7H,2,5-6,13H2,(H,14,16,18). The number of nitrogens with zero attached hydrogens (tertiary/aromatic N) is 3. The maximum Gasteiger partial charge on any atom is 0.270 e. The Kier molecular flexibility index (Phi) is 4.90. The summed E-state index contributed by atoms with van der Waals surface area (Å²) in [6.45, 7) is 0.564. The van der Waals surface area contributed by atoms with Crippen LogP contribution in [0.5, 0.6) is 0 Å². The second kappa shape index (κ2) is 6.86. The Morgan fingerprint density at radius 2 is 2.24 bits per heavy atom. The van der Waals surface area contributed by atoms with Gasteiger partial charge in [0.05, 0.1) is 4.92 Å². The number of non-ortho nitro benzene ring substituents is 1. The Hall–Kier alpha value is -2.39. The minimum absolute atomic E-state index is 0.136. The zero-order valence-corrected chi connectivity index (χ0v) is 11.8. The van der Waals surface area contributed by atoms with Crippen LogP contribution in [0.1, 0.15) is 21.8 Å². The number of carbonyl (C=O) groups excluding carboxylic acids is 1. The van der Waals surface area contributed by atoms with E-state index >= 15 is 0 Å². The SMILES string of the molecule is NCCCc1nnc(NC(=O)c2cccc([N+](=O)[O-])c2)s1. The zero-order chi connectivity index (χ0) is 15.2. The van der Waals surface area contributed by atoms with Crippen molar-refractivity contribution >= 4 is 28.1 Å². The highest BCUT2D eigenvalue weighted by Crippen LogP contribution is 2.19. The molecule has 0 atom stereocenters. The molecule has 0 saturated heterocycles. The van der Waals surface area contributed by atoms with E-state index in [1.807, 2.05) is 0 Å². The molecule has 21 heavy (non-hydrogen) atoms. The highest BCUT2D eigenvalue weighted by molar-refractivity contribution is 7.15. The molecule has 0 spiro atoms. The highest BCUT2D eigenvalue weighted by atomic mass is 32.1. The van der Waals surface area contributed by atoms with Gasteiger partial charge in [-0.25, -0.2) is 0 Å². The van der Waals surface area contributed by atoms with E-state index in [2.05, 4.69) is 15.5 Å². The largest absolute Gasteiger partial charge is 0.330 e. The third-order valence-electron chi connectivity index (χ3n) is 2.60. The number of nitro benzene ring substituents is 1. The van der Waals surface area contributed by atoms with Gasteiger partial charge in [0.25, 0.3) is 11.6 Å². The van der Waals surface area contributed by atoms with Gasteiger partial charge in [0.2, 0.25) is 5.13 Å². The predicted molar refractivity (Wildman–Crippen MR) is 78.3 cm³/mol. The van der Waals surface area contributed by atoms with E-state index in [-0.39, 0.29) is 11.3 Å². The molecule has 0 bridgehead atoms. The molecule has 110 valence electrons. The number of benzene rings is 1. The van der Waals surface area contributed by atoms with Crippen LogP contribution < -0.4 is 11.1 Å². The average molecular weight is 307 g/mol. The van der Waals surface area contributed by atoms with E-state index in [0.717, 1.165) is 11.4 Å². The van der Waals surface area contributed by atoms with Crippen LogP contribution in [0.15, 0.2) is 24.3 Å². The number of nitrogens with one attached hydrogen (secondary N) is 1. The second-order valence-corrected chi connectivity index (χ2v) is 5.22. The van der Waals surface area contributed by atoms with Gasteiger partial charge >= 0.3 is 0 Å². The quantitative estimate of drug-likeness (QED) is 0.617. The number of nitro groups is 1. The minimum Gasteiger partial charge on any atom is -0.330 e. The van der Waals surface area contributed by atoms with Crippen molar-refractivity contribution in [1.82, 2.24) is 10.2 Å². The van der Waals surface area contributed by atoms with Gasteiger partial charge in [-0.3, -0.25) is 20.2 Å². The fourth-order valence-corrected chi connectivity index (χ4v) is 2.37. The molecule has 0 aliphatic rings. The molecule has 0 aliphatic carbocycles. The fourth-order valence-electron chi connectivity index (χ4n) is 1.59. The van der Waals surface area contributed by atoms with Gasteiger partial charge in [-0.2, -0.15) is 0 Å². The van der Waals surface area contributed by atoms with E-state index in [4.69, 9.17) is 5.73 Å². The lowest BCUT2D eigenvalue weighted by molar-refractivity contribution is -0.384. The van der Waals surface area contributed by atoms with Gasteiger partial charge in [-0.15, -0.1) is 10.2 Å². The number of rotatable bonds is 6. The van der Waals surface area contributed by atoms with Crippen molar-refractivity contribution in [2.45, 2.75) is 12.8 Å². The summed E-state index contributed by atoms with van der Waals surface area (Å²) in [6.07, 6.45) is 1.51. The Bertz CT molecular complexity index is 658. The molecule has 1 heterocycles. The molecule has 9 heteroatoms. The Morgan fingerprint density at radius 3 is 2.95 bits per heavy atom. The molecule has 2 aromatic rings. The van der Waals surface area contributed by atoms with E-state index < -0.39 is 10.8 Å². The smallest absolute Gasteiger partial charge is 0.270 e. The predicted octanol–water partition coefficient (Wildman–Crippen LogP) is 1.59. The molecule has 1 aromatic heterocycles. The van der Waals surface area contributed by atoms with E-state index in [1.54, 1.807) is 0 Å². The first kappa shape index (κ1) is 15.0. The van der Waals surface area contributed by atoms with E-state index in [9.17, 15) is 14.9 Å². The van der Waals surface area contributed by atoms with Crippen LogP contribution in [0, 0.1) is 10.1 Å². The maximum absolute atomic E-state index is 12.0. The lowest BCUT2D eigenvalue weighted by Crippen LogP contribution is -2.11.